The number of rotatable bonds is 17. The maximum atomic E-state index is 11.3. The van der Waals surface area contributed by atoms with Gasteiger partial charge in [0, 0.05) is 6.54 Å². The van der Waals surface area contributed by atoms with E-state index in [0.717, 1.165) is 25.9 Å². The number of esters is 1. The van der Waals surface area contributed by atoms with Crippen LogP contribution in [0.25, 0.3) is 0 Å². The van der Waals surface area contributed by atoms with Gasteiger partial charge in [0.2, 0.25) is 0 Å². The Morgan fingerprint density at radius 3 is 1.69 bits per heavy atom. The predicted molar refractivity (Wildman–Crippen MR) is 124 cm³/mol. The lowest BCUT2D eigenvalue weighted by Crippen LogP contribution is -2.35. The first-order valence-electron chi connectivity index (χ1n) is 12.1. The molecule has 0 bridgehead atoms. The van der Waals surface area contributed by atoms with Crippen molar-refractivity contribution in [2.24, 2.45) is 4.99 Å². The summed E-state index contributed by atoms with van der Waals surface area (Å²) in [5.74, 6) is -0.520. The van der Waals surface area contributed by atoms with Crippen LogP contribution >= 0.6 is 0 Å². The molecule has 5 nitrogen and oxygen atoms in total. The van der Waals surface area contributed by atoms with Crippen molar-refractivity contribution >= 4 is 12.3 Å². The minimum atomic E-state index is -1.31. The highest BCUT2D eigenvalue weighted by Crippen LogP contribution is 2.18. The molecular formula is C24H48N2O3. The zero-order valence-corrected chi connectivity index (χ0v) is 19.5. The molecule has 1 rings (SSSR count). The number of ether oxygens (including phenoxy) is 1. The van der Waals surface area contributed by atoms with Gasteiger partial charge in [0.05, 0.1) is 20.0 Å². The molecule has 0 amide bonds. The van der Waals surface area contributed by atoms with Crippen LogP contribution in [0.15, 0.2) is 4.99 Å². The van der Waals surface area contributed by atoms with Crippen LogP contribution in [0.3, 0.4) is 0 Å². The predicted octanol–water partition coefficient (Wildman–Crippen LogP) is 5.79. The van der Waals surface area contributed by atoms with Crippen LogP contribution in [-0.4, -0.2) is 43.2 Å². The van der Waals surface area contributed by atoms with Crippen LogP contribution in [0, 0.1) is 0 Å². The maximum absolute atomic E-state index is 11.3. The summed E-state index contributed by atoms with van der Waals surface area (Å²) in [7, 11) is 1.32. The van der Waals surface area contributed by atoms with Gasteiger partial charge in [-0.25, -0.2) is 4.79 Å². The quantitative estimate of drug-likeness (QED) is 0.234. The van der Waals surface area contributed by atoms with E-state index in [1.54, 1.807) is 13.3 Å². The lowest BCUT2D eigenvalue weighted by atomic mass is 9.97. The first kappa shape index (κ1) is 27.9. The maximum Gasteiger partial charge on any atom is 0.337 e. The van der Waals surface area contributed by atoms with Gasteiger partial charge in [0.15, 0.2) is 5.60 Å². The van der Waals surface area contributed by atoms with Gasteiger partial charge in [-0.15, -0.1) is 0 Å². The molecule has 0 aromatic heterocycles. The average molecular weight is 413 g/mol. The summed E-state index contributed by atoms with van der Waals surface area (Å²) in [4.78, 5) is 15.2. The third-order valence-corrected chi connectivity index (χ3v) is 5.46. The number of aliphatic hydroxyl groups is 1. The first-order chi connectivity index (χ1) is 14.0. The second-order valence-corrected chi connectivity index (χ2v) is 8.45. The SMILES string of the molecule is C1=NCCN1.CCCCCCCCCCCCCCCCCC(C)(O)C(=O)OC. The number of nitrogens with one attached hydrogen (secondary N) is 1. The molecule has 1 heterocycles. The highest BCUT2D eigenvalue weighted by Gasteiger charge is 2.30. The number of carbonyl (C=O) groups is 1. The van der Waals surface area contributed by atoms with Crippen LogP contribution < -0.4 is 5.32 Å². The number of nitrogens with zero attached hydrogens (tertiary/aromatic N) is 1. The highest BCUT2D eigenvalue weighted by atomic mass is 16.5. The molecular weight excluding hydrogens is 364 g/mol. The Kier molecular flexibility index (Phi) is 19.4. The topological polar surface area (TPSA) is 70.9 Å². The van der Waals surface area contributed by atoms with Crippen molar-refractivity contribution in [3.05, 3.63) is 0 Å². The van der Waals surface area contributed by atoms with E-state index in [1.807, 2.05) is 0 Å². The Morgan fingerprint density at radius 1 is 0.931 bits per heavy atom. The Balaban J connectivity index is 0.00000135. The fraction of sp³-hybridized carbons (Fsp3) is 0.917. The van der Waals surface area contributed by atoms with Gasteiger partial charge in [-0.05, 0) is 19.8 Å². The lowest BCUT2D eigenvalue weighted by molar-refractivity contribution is -0.161. The van der Waals surface area contributed by atoms with Crippen LogP contribution in [0.2, 0.25) is 0 Å². The first-order valence-corrected chi connectivity index (χ1v) is 12.1. The van der Waals surface area contributed by atoms with Gasteiger partial charge in [-0.2, -0.15) is 0 Å². The van der Waals surface area contributed by atoms with Crippen molar-refractivity contribution in [1.82, 2.24) is 5.32 Å². The van der Waals surface area contributed by atoms with E-state index in [2.05, 4.69) is 22.0 Å². The number of carbonyl (C=O) groups excluding carboxylic acids is 1. The molecule has 1 aliphatic rings. The lowest BCUT2D eigenvalue weighted by Gasteiger charge is -2.19. The fourth-order valence-corrected chi connectivity index (χ4v) is 3.49. The van der Waals surface area contributed by atoms with E-state index in [-0.39, 0.29) is 0 Å². The molecule has 172 valence electrons. The second-order valence-electron chi connectivity index (χ2n) is 8.45. The molecule has 0 saturated carbocycles. The molecule has 1 unspecified atom stereocenters. The minimum absolute atomic E-state index is 0.498. The monoisotopic (exact) mass is 412 g/mol. The molecule has 29 heavy (non-hydrogen) atoms. The van der Waals surface area contributed by atoms with Crippen molar-refractivity contribution in [3.63, 3.8) is 0 Å². The van der Waals surface area contributed by atoms with Crippen molar-refractivity contribution in [3.8, 4) is 0 Å². The standard InChI is InChI=1S/C21H42O3.C3H6N2/c1-4-5-6-7-8-9-10-11-12-13-14-15-16-17-18-19-21(2,23)20(22)24-3;1-2-5-3-4-1/h23H,4-19H2,1-3H3;3H,1-2H2,(H,4,5). The Hall–Kier alpha value is -1.10. The second kappa shape index (κ2) is 20.2. The Morgan fingerprint density at radius 2 is 1.38 bits per heavy atom. The molecule has 0 saturated heterocycles. The molecule has 1 atom stereocenters. The van der Waals surface area contributed by atoms with Crippen LogP contribution in [0.4, 0.5) is 0 Å². The summed E-state index contributed by atoms with van der Waals surface area (Å²) in [5.41, 5.74) is -1.31. The molecule has 0 fully saturated rings. The third kappa shape index (κ3) is 18.7. The minimum Gasteiger partial charge on any atom is -0.467 e. The molecule has 0 radical (unpaired) electrons. The zero-order chi connectivity index (χ0) is 21.6. The van der Waals surface area contributed by atoms with Crippen molar-refractivity contribution in [1.29, 1.82) is 0 Å². The number of unbranched alkanes of at least 4 members (excludes halogenated alkanes) is 14. The largest absolute Gasteiger partial charge is 0.467 e. The van der Waals surface area contributed by atoms with Crippen molar-refractivity contribution < 1.29 is 14.6 Å². The van der Waals surface area contributed by atoms with Gasteiger partial charge in [-0.3, -0.25) is 4.99 Å². The van der Waals surface area contributed by atoms with E-state index < -0.39 is 11.6 Å². The highest BCUT2D eigenvalue weighted by molar-refractivity contribution is 5.78. The summed E-state index contributed by atoms with van der Waals surface area (Å²) in [6.07, 6.45) is 22.0. The molecule has 0 spiro atoms. The van der Waals surface area contributed by atoms with Crippen molar-refractivity contribution in [2.45, 2.75) is 122 Å². The Bertz CT molecular complexity index is 392. The molecule has 0 aromatic rings. The molecule has 2 N–H and O–H groups in total. The van der Waals surface area contributed by atoms with E-state index in [9.17, 15) is 9.90 Å². The van der Waals surface area contributed by atoms with E-state index in [1.165, 1.54) is 90.6 Å². The zero-order valence-electron chi connectivity index (χ0n) is 19.5. The molecule has 1 aliphatic heterocycles. The van der Waals surface area contributed by atoms with Gasteiger partial charge < -0.3 is 15.2 Å². The molecule has 0 aliphatic carbocycles. The smallest absolute Gasteiger partial charge is 0.337 e. The summed E-state index contributed by atoms with van der Waals surface area (Å²) in [6.45, 7) is 5.80. The third-order valence-electron chi connectivity index (χ3n) is 5.46. The van der Waals surface area contributed by atoms with E-state index in [0.29, 0.717) is 6.42 Å². The summed E-state index contributed by atoms with van der Waals surface area (Å²) >= 11 is 0. The number of methoxy groups -OCH3 is 1. The average Bonchev–Trinajstić information content (AvgIpc) is 3.30. The van der Waals surface area contributed by atoms with Crippen LogP contribution in [-0.2, 0) is 9.53 Å². The molecule has 5 heteroatoms. The van der Waals surface area contributed by atoms with E-state index >= 15 is 0 Å². The van der Waals surface area contributed by atoms with Gasteiger partial charge >= 0.3 is 5.97 Å². The number of aliphatic imine (C=N–C) groups is 1. The van der Waals surface area contributed by atoms with Gasteiger partial charge in [0.25, 0.3) is 0 Å². The van der Waals surface area contributed by atoms with Gasteiger partial charge in [0.1, 0.15) is 0 Å². The van der Waals surface area contributed by atoms with Crippen molar-refractivity contribution in [2.75, 3.05) is 20.2 Å². The number of hydrogen-bond acceptors (Lipinski definition) is 5. The summed E-state index contributed by atoms with van der Waals surface area (Å²) < 4.78 is 4.60. The van der Waals surface area contributed by atoms with Gasteiger partial charge in [-0.1, -0.05) is 96.8 Å². The Labute approximate surface area is 180 Å². The molecule has 0 aromatic carbocycles. The normalized spacial score (nSPS) is 14.6. The summed E-state index contributed by atoms with van der Waals surface area (Å²) in [5, 5.41) is 12.8. The number of hydrogen-bond donors (Lipinski definition) is 2. The van der Waals surface area contributed by atoms with Crippen LogP contribution in [0.1, 0.15) is 117 Å². The summed E-state index contributed by atoms with van der Waals surface area (Å²) in [6, 6.07) is 0. The fourth-order valence-electron chi connectivity index (χ4n) is 3.49. The van der Waals surface area contributed by atoms with E-state index in [4.69, 9.17) is 0 Å². The van der Waals surface area contributed by atoms with Crippen LogP contribution in [0.5, 0.6) is 0 Å².